The standard InChI is InChI=1S/C17H21N5S/c23-17(18-13-8-9-13)19-14-6-4-5-12(11-14)16-21-20-15-7-2-1-3-10-22(15)16/h4-6,11,13H,1-3,7-10H2,(H2,18,19,23). The normalized spacial score (nSPS) is 17.2. The third-order valence-electron chi connectivity index (χ3n) is 4.40. The molecule has 6 heteroatoms. The molecule has 1 saturated carbocycles. The number of aryl methyl sites for hydroxylation is 1. The Kier molecular flexibility index (Phi) is 3.99. The molecule has 120 valence electrons. The maximum absolute atomic E-state index is 5.36. The summed E-state index contributed by atoms with van der Waals surface area (Å²) < 4.78 is 2.27. The Balaban J connectivity index is 1.56. The highest BCUT2D eigenvalue weighted by molar-refractivity contribution is 7.80. The SMILES string of the molecule is S=C(Nc1cccc(-c2nnc3n2CCCCC3)c1)NC1CC1. The van der Waals surface area contributed by atoms with Crippen molar-refractivity contribution in [2.75, 3.05) is 5.32 Å². The van der Waals surface area contributed by atoms with E-state index in [-0.39, 0.29) is 0 Å². The molecule has 2 heterocycles. The zero-order valence-corrected chi connectivity index (χ0v) is 13.9. The molecule has 2 N–H and O–H groups in total. The van der Waals surface area contributed by atoms with Crippen LogP contribution in [0, 0.1) is 0 Å². The molecule has 0 saturated heterocycles. The molecule has 1 aromatic carbocycles. The summed E-state index contributed by atoms with van der Waals surface area (Å²) in [6.07, 6.45) is 7.14. The molecule has 23 heavy (non-hydrogen) atoms. The monoisotopic (exact) mass is 327 g/mol. The lowest BCUT2D eigenvalue weighted by Gasteiger charge is -2.11. The van der Waals surface area contributed by atoms with Crippen LogP contribution in [0.5, 0.6) is 0 Å². The van der Waals surface area contributed by atoms with Gasteiger partial charge in [-0.2, -0.15) is 0 Å². The Morgan fingerprint density at radius 2 is 2.09 bits per heavy atom. The molecule has 0 amide bonds. The number of nitrogens with one attached hydrogen (secondary N) is 2. The third kappa shape index (κ3) is 3.37. The second-order valence-electron chi connectivity index (χ2n) is 6.36. The van der Waals surface area contributed by atoms with Gasteiger partial charge in [0.15, 0.2) is 10.9 Å². The number of nitrogens with zero attached hydrogens (tertiary/aromatic N) is 3. The van der Waals surface area contributed by atoms with E-state index >= 15 is 0 Å². The molecule has 1 fully saturated rings. The molecule has 0 spiro atoms. The molecular weight excluding hydrogens is 306 g/mol. The van der Waals surface area contributed by atoms with E-state index in [1.807, 2.05) is 12.1 Å². The summed E-state index contributed by atoms with van der Waals surface area (Å²) in [7, 11) is 0. The summed E-state index contributed by atoms with van der Waals surface area (Å²) in [4.78, 5) is 0. The topological polar surface area (TPSA) is 54.8 Å². The quantitative estimate of drug-likeness (QED) is 0.848. The van der Waals surface area contributed by atoms with Crippen LogP contribution in [0.15, 0.2) is 24.3 Å². The van der Waals surface area contributed by atoms with Gasteiger partial charge in [-0.15, -0.1) is 10.2 Å². The van der Waals surface area contributed by atoms with Crippen molar-refractivity contribution in [2.24, 2.45) is 0 Å². The first-order chi connectivity index (χ1) is 11.3. The highest BCUT2D eigenvalue weighted by atomic mass is 32.1. The van der Waals surface area contributed by atoms with Crippen LogP contribution < -0.4 is 10.6 Å². The molecule has 0 bridgehead atoms. The smallest absolute Gasteiger partial charge is 0.170 e. The van der Waals surface area contributed by atoms with Crippen LogP contribution >= 0.6 is 12.2 Å². The van der Waals surface area contributed by atoms with Crippen LogP contribution in [0.1, 0.15) is 37.9 Å². The third-order valence-corrected chi connectivity index (χ3v) is 4.62. The molecule has 1 aliphatic heterocycles. The van der Waals surface area contributed by atoms with E-state index in [0.717, 1.165) is 35.9 Å². The van der Waals surface area contributed by atoms with E-state index < -0.39 is 0 Å². The van der Waals surface area contributed by atoms with Gasteiger partial charge in [-0.25, -0.2) is 0 Å². The van der Waals surface area contributed by atoms with Crippen LogP contribution in [0.3, 0.4) is 0 Å². The molecule has 0 radical (unpaired) electrons. The first-order valence-corrected chi connectivity index (χ1v) is 8.80. The van der Waals surface area contributed by atoms with Gasteiger partial charge in [0.05, 0.1) is 0 Å². The second kappa shape index (κ2) is 6.28. The van der Waals surface area contributed by atoms with Gasteiger partial charge >= 0.3 is 0 Å². The van der Waals surface area contributed by atoms with Crippen LogP contribution in [0.25, 0.3) is 11.4 Å². The molecule has 0 unspecified atom stereocenters. The average Bonchev–Trinajstić information content (AvgIpc) is 3.31. The minimum atomic E-state index is 0.561. The van der Waals surface area contributed by atoms with Crippen LogP contribution in [-0.4, -0.2) is 25.9 Å². The first-order valence-electron chi connectivity index (χ1n) is 8.39. The number of rotatable bonds is 3. The van der Waals surface area contributed by atoms with E-state index in [1.54, 1.807) is 0 Å². The average molecular weight is 327 g/mol. The fourth-order valence-corrected chi connectivity index (χ4v) is 3.30. The van der Waals surface area contributed by atoms with Gasteiger partial charge in [0.25, 0.3) is 0 Å². The Labute approximate surface area is 141 Å². The van der Waals surface area contributed by atoms with E-state index in [1.165, 1.54) is 32.1 Å². The number of anilines is 1. The molecule has 5 nitrogen and oxygen atoms in total. The Morgan fingerprint density at radius 1 is 1.17 bits per heavy atom. The number of thiocarbonyl (C=S) groups is 1. The number of aromatic nitrogens is 3. The van der Waals surface area contributed by atoms with Gasteiger partial charge in [-0.3, -0.25) is 0 Å². The molecule has 4 rings (SSSR count). The number of hydrogen-bond donors (Lipinski definition) is 2. The Bertz CT molecular complexity index is 720. The summed E-state index contributed by atoms with van der Waals surface area (Å²) in [5, 5.41) is 16.1. The van der Waals surface area contributed by atoms with Crippen LogP contribution in [0.2, 0.25) is 0 Å². The van der Waals surface area contributed by atoms with Crippen LogP contribution in [-0.2, 0) is 13.0 Å². The minimum Gasteiger partial charge on any atom is -0.360 e. The van der Waals surface area contributed by atoms with Crippen molar-refractivity contribution in [1.82, 2.24) is 20.1 Å². The van der Waals surface area contributed by atoms with Gasteiger partial charge in [0.1, 0.15) is 5.82 Å². The van der Waals surface area contributed by atoms with Crippen LogP contribution in [0.4, 0.5) is 5.69 Å². The molecule has 0 atom stereocenters. The first kappa shape index (κ1) is 14.6. The largest absolute Gasteiger partial charge is 0.360 e. The minimum absolute atomic E-state index is 0.561. The van der Waals surface area contributed by atoms with Crippen molar-refractivity contribution in [1.29, 1.82) is 0 Å². The van der Waals surface area contributed by atoms with Crippen molar-refractivity contribution in [3.8, 4) is 11.4 Å². The van der Waals surface area contributed by atoms with Gasteiger partial charge in [0, 0.05) is 30.3 Å². The molecular formula is C17H21N5S. The van der Waals surface area contributed by atoms with Crippen molar-refractivity contribution in [2.45, 2.75) is 51.1 Å². The lowest BCUT2D eigenvalue weighted by Crippen LogP contribution is -2.30. The van der Waals surface area contributed by atoms with E-state index in [2.05, 4.69) is 37.5 Å². The van der Waals surface area contributed by atoms with Gasteiger partial charge in [-0.1, -0.05) is 18.6 Å². The zero-order valence-electron chi connectivity index (χ0n) is 13.1. The Morgan fingerprint density at radius 3 is 2.96 bits per heavy atom. The molecule has 1 aromatic heterocycles. The summed E-state index contributed by atoms with van der Waals surface area (Å²) in [6.45, 7) is 1.01. The van der Waals surface area contributed by atoms with Gasteiger partial charge in [0.2, 0.25) is 0 Å². The summed E-state index contributed by atoms with van der Waals surface area (Å²) in [5.41, 5.74) is 2.08. The Hall–Kier alpha value is -1.95. The van der Waals surface area contributed by atoms with Crippen molar-refractivity contribution >= 4 is 23.0 Å². The van der Waals surface area contributed by atoms with Gasteiger partial charge in [-0.05, 0) is 50.0 Å². The number of hydrogen-bond acceptors (Lipinski definition) is 3. The van der Waals surface area contributed by atoms with E-state index in [9.17, 15) is 0 Å². The van der Waals surface area contributed by atoms with Crippen molar-refractivity contribution in [3.05, 3.63) is 30.1 Å². The molecule has 2 aromatic rings. The van der Waals surface area contributed by atoms with Crippen molar-refractivity contribution < 1.29 is 0 Å². The lowest BCUT2D eigenvalue weighted by molar-refractivity contribution is 0.636. The summed E-state index contributed by atoms with van der Waals surface area (Å²) >= 11 is 5.36. The zero-order chi connectivity index (χ0) is 15.6. The summed E-state index contributed by atoms with van der Waals surface area (Å²) in [6, 6.07) is 8.82. The predicted octanol–water partition coefficient (Wildman–Crippen LogP) is 3.12. The number of benzene rings is 1. The fourth-order valence-electron chi connectivity index (χ4n) is 3.01. The van der Waals surface area contributed by atoms with E-state index in [4.69, 9.17) is 12.2 Å². The molecule has 2 aliphatic rings. The maximum Gasteiger partial charge on any atom is 0.170 e. The maximum atomic E-state index is 5.36. The van der Waals surface area contributed by atoms with Gasteiger partial charge < -0.3 is 15.2 Å². The second-order valence-corrected chi connectivity index (χ2v) is 6.76. The number of fused-ring (bicyclic) bond motifs is 1. The lowest BCUT2D eigenvalue weighted by atomic mass is 10.2. The molecule has 1 aliphatic carbocycles. The fraction of sp³-hybridized carbons (Fsp3) is 0.471. The summed E-state index contributed by atoms with van der Waals surface area (Å²) in [5.74, 6) is 2.08. The highest BCUT2D eigenvalue weighted by Gasteiger charge is 2.22. The highest BCUT2D eigenvalue weighted by Crippen LogP contribution is 2.25. The van der Waals surface area contributed by atoms with E-state index in [0.29, 0.717) is 11.2 Å². The predicted molar refractivity (Wildman–Crippen MR) is 95.4 cm³/mol. The van der Waals surface area contributed by atoms with Crippen molar-refractivity contribution in [3.63, 3.8) is 0 Å².